The first-order chi connectivity index (χ1) is 21.6. The van der Waals surface area contributed by atoms with Gasteiger partial charge in [-0.1, -0.05) is 52.4 Å². The number of aliphatic imine (C=N–C) groups is 1. The van der Waals surface area contributed by atoms with Crippen molar-refractivity contribution in [3.63, 3.8) is 0 Å². The second-order valence-electron chi connectivity index (χ2n) is 12.5. The van der Waals surface area contributed by atoms with Crippen LogP contribution in [0.25, 0.3) is 0 Å². The molecule has 1 aliphatic heterocycles. The van der Waals surface area contributed by atoms with Crippen LogP contribution >= 0.6 is 0 Å². The Kier molecular flexibility index (Phi) is 11.6. The van der Waals surface area contributed by atoms with Gasteiger partial charge in [-0.2, -0.15) is 0 Å². The van der Waals surface area contributed by atoms with E-state index in [0.717, 1.165) is 56.3 Å². The Balaban J connectivity index is 0.000000214. The summed E-state index contributed by atoms with van der Waals surface area (Å²) in [5.41, 5.74) is -0.201. The number of rotatable bonds is 9. The summed E-state index contributed by atoms with van der Waals surface area (Å²) < 4.78 is 15.6. The molecule has 10 nitrogen and oxygen atoms in total. The second-order valence-corrected chi connectivity index (χ2v) is 12.5. The Bertz CT molecular complexity index is 1330. The monoisotopic (exact) mass is 621 g/mol. The number of benzene rings is 2. The van der Waals surface area contributed by atoms with Crippen molar-refractivity contribution in [1.29, 1.82) is 0 Å². The van der Waals surface area contributed by atoms with Gasteiger partial charge < -0.3 is 30.0 Å². The average molecular weight is 622 g/mol. The fraction of sp³-hybridized carbons (Fsp3) is 0.543. The number of aliphatic hydroxyl groups excluding tert-OH is 1. The van der Waals surface area contributed by atoms with Gasteiger partial charge in [0, 0.05) is 11.1 Å². The molecule has 2 aliphatic carbocycles. The summed E-state index contributed by atoms with van der Waals surface area (Å²) in [4.78, 5) is 42.4. The van der Waals surface area contributed by atoms with Crippen LogP contribution in [-0.2, 0) is 14.3 Å². The molecule has 2 fully saturated rings. The number of aliphatic hydroxyl groups is 1. The van der Waals surface area contributed by atoms with Gasteiger partial charge in [-0.15, -0.1) is 0 Å². The molecule has 1 spiro atoms. The van der Waals surface area contributed by atoms with Crippen LogP contribution in [0, 0.1) is 5.92 Å². The van der Waals surface area contributed by atoms with Crippen LogP contribution in [0.15, 0.2) is 53.5 Å². The van der Waals surface area contributed by atoms with E-state index >= 15 is 0 Å². The highest BCUT2D eigenvalue weighted by Crippen LogP contribution is 2.37. The lowest BCUT2D eigenvalue weighted by Gasteiger charge is -2.38. The van der Waals surface area contributed by atoms with Crippen LogP contribution in [0.3, 0.4) is 0 Å². The van der Waals surface area contributed by atoms with Crippen LogP contribution < -0.4 is 20.1 Å². The van der Waals surface area contributed by atoms with E-state index in [-0.39, 0.29) is 36.4 Å². The lowest BCUT2D eigenvalue weighted by Crippen LogP contribution is -2.62. The Morgan fingerprint density at radius 1 is 0.867 bits per heavy atom. The van der Waals surface area contributed by atoms with E-state index < -0.39 is 11.1 Å². The van der Waals surface area contributed by atoms with E-state index in [1.54, 1.807) is 38.5 Å². The van der Waals surface area contributed by atoms with Crippen LogP contribution in [0.2, 0.25) is 0 Å². The summed E-state index contributed by atoms with van der Waals surface area (Å²) in [5.74, 6) is 1.37. The van der Waals surface area contributed by atoms with Crippen molar-refractivity contribution < 1.29 is 33.7 Å². The number of cyclic esters (lactones) is 1. The third-order valence-corrected chi connectivity index (χ3v) is 9.07. The Hall–Kier alpha value is -3.92. The summed E-state index contributed by atoms with van der Waals surface area (Å²) in [5, 5.41) is 15.4. The fourth-order valence-corrected chi connectivity index (χ4v) is 6.08. The lowest BCUT2D eigenvalue weighted by molar-refractivity contribution is -0.140. The van der Waals surface area contributed by atoms with Gasteiger partial charge in [0.2, 0.25) is 11.8 Å². The van der Waals surface area contributed by atoms with Gasteiger partial charge in [0.1, 0.15) is 17.0 Å². The predicted octanol–water partition coefficient (Wildman–Crippen LogP) is 4.96. The van der Waals surface area contributed by atoms with E-state index in [9.17, 15) is 19.5 Å². The molecular formula is C35H47N3O7. The maximum Gasteiger partial charge on any atom is 0.340 e. The van der Waals surface area contributed by atoms with E-state index in [1.165, 1.54) is 6.42 Å². The van der Waals surface area contributed by atoms with Crippen LogP contribution in [-0.4, -0.2) is 66.7 Å². The minimum Gasteiger partial charge on any atom is -0.497 e. The molecule has 10 heteroatoms. The van der Waals surface area contributed by atoms with Gasteiger partial charge in [-0.25, -0.2) is 9.79 Å². The summed E-state index contributed by atoms with van der Waals surface area (Å²) in [6.45, 7) is 3.78. The number of nitrogens with one attached hydrogen (secondary N) is 2. The molecule has 0 bridgehead atoms. The standard InChI is InChI=1S/C20H30N2O4.C15H17NO3/c1-14(2)17(13-23)21-19(25)20(11-5-4-6-12-20)22-18(24)15-7-9-16(26-3)10-8-15;1-18-12-7-5-11(6-8-12)13-16-15(14(17)19-13)9-3-2-4-10-15/h7-10,14,17,23H,4-6,11-13H2,1-3H3,(H,21,25)(H,22,24);5-8H,2-4,9-10H2,1H3/t17-;/m1./s1. The molecule has 3 aliphatic rings. The molecule has 5 rings (SSSR count). The first kappa shape index (κ1) is 34.0. The molecule has 2 aromatic carbocycles. The van der Waals surface area contributed by atoms with Crippen molar-refractivity contribution in [2.45, 2.75) is 95.2 Å². The van der Waals surface area contributed by atoms with Gasteiger partial charge in [-0.3, -0.25) is 9.59 Å². The highest BCUT2D eigenvalue weighted by Gasteiger charge is 2.46. The van der Waals surface area contributed by atoms with Crippen molar-refractivity contribution in [3.8, 4) is 11.5 Å². The topological polar surface area (TPSA) is 136 Å². The summed E-state index contributed by atoms with van der Waals surface area (Å²) in [6, 6.07) is 13.9. The van der Waals surface area contributed by atoms with Crippen molar-refractivity contribution in [2.75, 3.05) is 20.8 Å². The molecule has 3 N–H and O–H groups in total. The Labute approximate surface area is 265 Å². The number of carbonyl (C=O) groups excluding carboxylic acids is 3. The zero-order valence-corrected chi connectivity index (χ0v) is 26.9. The molecular weight excluding hydrogens is 574 g/mol. The van der Waals surface area contributed by atoms with Crippen molar-refractivity contribution in [1.82, 2.24) is 10.6 Å². The maximum absolute atomic E-state index is 13.0. The zero-order chi connectivity index (χ0) is 32.5. The smallest absolute Gasteiger partial charge is 0.340 e. The predicted molar refractivity (Wildman–Crippen MR) is 172 cm³/mol. The van der Waals surface area contributed by atoms with E-state index in [1.807, 2.05) is 38.1 Å². The number of hydrogen-bond acceptors (Lipinski definition) is 8. The number of amides is 2. The molecule has 2 amide bonds. The quantitative estimate of drug-likeness (QED) is 0.337. The zero-order valence-electron chi connectivity index (χ0n) is 26.9. The molecule has 45 heavy (non-hydrogen) atoms. The minimum atomic E-state index is -0.919. The van der Waals surface area contributed by atoms with E-state index in [2.05, 4.69) is 15.6 Å². The number of hydrogen-bond donors (Lipinski definition) is 3. The number of esters is 1. The fourth-order valence-electron chi connectivity index (χ4n) is 6.08. The number of ether oxygens (including phenoxy) is 3. The van der Waals surface area contributed by atoms with Gasteiger partial charge >= 0.3 is 5.97 Å². The first-order valence-electron chi connectivity index (χ1n) is 16.0. The molecule has 0 aromatic heterocycles. The average Bonchev–Trinajstić information content (AvgIpc) is 3.38. The first-order valence-corrected chi connectivity index (χ1v) is 16.0. The van der Waals surface area contributed by atoms with Crippen molar-refractivity contribution in [2.24, 2.45) is 10.9 Å². The van der Waals surface area contributed by atoms with Crippen LogP contribution in [0.1, 0.15) is 94.0 Å². The third kappa shape index (κ3) is 8.22. The molecule has 0 unspecified atom stereocenters. The van der Waals surface area contributed by atoms with E-state index in [0.29, 0.717) is 30.1 Å². The second kappa shape index (κ2) is 15.4. The van der Waals surface area contributed by atoms with Crippen LogP contribution in [0.5, 0.6) is 11.5 Å². The van der Waals surface area contributed by atoms with Gasteiger partial charge in [-0.05, 0) is 80.1 Å². The Morgan fingerprint density at radius 2 is 1.40 bits per heavy atom. The lowest BCUT2D eigenvalue weighted by atomic mass is 9.80. The molecule has 244 valence electrons. The molecule has 0 saturated heterocycles. The molecule has 0 radical (unpaired) electrons. The third-order valence-electron chi connectivity index (χ3n) is 9.07. The highest BCUT2D eigenvalue weighted by molar-refractivity contribution is 6.08. The Morgan fingerprint density at radius 3 is 1.91 bits per heavy atom. The molecule has 2 saturated carbocycles. The highest BCUT2D eigenvalue weighted by atomic mass is 16.6. The largest absolute Gasteiger partial charge is 0.497 e. The summed E-state index contributed by atoms with van der Waals surface area (Å²) in [6.07, 6.45) is 8.96. The van der Waals surface area contributed by atoms with Crippen molar-refractivity contribution in [3.05, 3.63) is 59.7 Å². The summed E-state index contributed by atoms with van der Waals surface area (Å²) in [7, 11) is 3.20. The number of carbonyl (C=O) groups is 3. The number of nitrogens with zero attached hydrogens (tertiary/aromatic N) is 1. The van der Waals surface area contributed by atoms with Gasteiger partial charge in [0.15, 0.2) is 5.54 Å². The summed E-state index contributed by atoms with van der Waals surface area (Å²) >= 11 is 0. The number of methoxy groups -OCH3 is 2. The molecule has 1 heterocycles. The van der Waals surface area contributed by atoms with Crippen molar-refractivity contribution >= 4 is 23.7 Å². The maximum atomic E-state index is 13.0. The molecule has 1 atom stereocenters. The SMILES string of the molecule is COc1ccc(C(=O)NC2(C(=O)N[C@H](CO)C(C)C)CCCCC2)cc1.COc1ccc(C2=NC3(CCCCC3)C(=O)O2)cc1. The van der Waals surface area contributed by atoms with Gasteiger partial charge in [0.25, 0.3) is 5.91 Å². The normalized spacial score (nSPS) is 19.0. The molecule has 2 aromatic rings. The minimum absolute atomic E-state index is 0.113. The van der Waals surface area contributed by atoms with E-state index in [4.69, 9.17) is 14.2 Å². The van der Waals surface area contributed by atoms with Gasteiger partial charge in [0.05, 0.1) is 26.9 Å². The van der Waals surface area contributed by atoms with Crippen LogP contribution in [0.4, 0.5) is 0 Å².